The highest BCUT2D eigenvalue weighted by Crippen LogP contribution is 2.20. The quantitative estimate of drug-likeness (QED) is 0.250. The summed E-state index contributed by atoms with van der Waals surface area (Å²) in [6, 6.07) is 19.2. The molecule has 0 aromatic heterocycles. The molecular weight excluding hydrogens is 499 g/mol. The number of nitrogens with zero attached hydrogens (tertiary/aromatic N) is 3. The third kappa shape index (κ3) is 6.71. The zero-order valence-electron chi connectivity index (χ0n) is 18.2. The van der Waals surface area contributed by atoms with Crippen LogP contribution in [0.25, 0.3) is 0 Å². The van der Waals surface area contributed by atoms with E-state index >= 15 is 0 Å². The molecule has 4 rings (SSSR count). The maximum absolute atomic E-state index is 5.96. The largest absolute Gasteiger partial charge is 0.376 e. The van der Waals surface area contributed by atoms with Crippen molar-refractivity contribution < 1.29 is 4.74 Å². The van der Waals surface area contributed by atoms with Gasteiger partial charge in [-0.25, -0.2) is 0 Å². The van der Waals surface area contributed by atoms with Gasteiger partial charge in [0.2, 0.25) is 0 Å². The van der Waals surface area contributed by atoms with E-state index in [0.717, 1.165) is 51.7 Å². The number of halogens is 1. The molecule has 31 heavy (non-hydrogen) atoms. The molecule has 5 nitrogen and oxygen atoms in total. The summed E-state index contributed by atoms with van der Waals surface area (Å²) in [6.45, 7) is 6.29. The van der Waals surface area contributed by atoms with E-state index in [1.54, 1.807) is 0 Å². The zero-order chi connectivity index (χ0) is 20.6. The maximum atomic E-state index is 5.96. The van der Waals surface area contributed by atoms with Gasteiger partial charge in [0.25, 0.3) is 0 Å². The van der Waals surface area contributed by atoms with Crippen molar-refractivity contribution in [2.24, 2.45) is 10.9 Å². The maximum Gasteiger partial charge on any atom is 0.193 e. The van der Waals surface area contributed by atoms with Gasteiger partial charge in [-0.2, -0.15) is 0 Å². The Morgan fingerprint density at radius 1 is 1.06 bits per heavy atom. The molecule has 0 amide bonds. The molecular formula is C25H33IN4O. The molecule has 0 bridgehead atoms. The van der Waals surface area contributed by atoms with Crippen molar-refractivity contribution in [1.29, 1.82) is 0 Å². The summed E-state index contributed by atoms with van der Waals surface area (Å²) < 4.78 is 5.96. The van der Waals surface area contributed by atoms with Crippen LogP contribution in [0.3, 0.4) is 0 Å². The van der Waals surface area contributed by atoms with Crippen LogP contribution in [0.1, 0.15) is 17.5 Å². The summed E-state index contributed by atoms with van der Waals surface area (Å²) in [5.74, 6) is 1.53. The van der Waals surface area contributed by atoms with Crippen molar-refractivity contribution in [2.45, 2.75) is 19.6 Å². The number of anilines is 1. The van der Waals surface area contributed by atoms with E-state index in [1.807, 2.05) is 13.1 Å². The average molecular weight is 532 g/mol. The highest BCUT2D eigenvalue weighted by atomic mass is 127. The zero-order valence-corrected chi connectivity index (χ0v) is 20.6. The first-order valence-electron chi connectivity index (χ1n) is 10.9. The van der Waals surface area contributed by atoms with E-state index in [-0.39, 0.29) is 24.0 Å². The Morgan fingerprint density at radius 3 is 2.61 bits per heavy atom. The first-order valence-corrected chi connectivity index (χ1v) is 10.9. The van der Waals surface area contributed by atoms with Crippen LogP contribution in [0, 0.1) is 5.92 Å². The molecule has 0 spiro atoms. The van der Waals surface area contributed by atoms with Gasteiger partial charge in [0.15, 0.2) is 5.96 Å². The molecule has 1 atom stereocenters. The van der Waals surface area contributed by atoms with Gasteiger partial charge in [-0.3, -0.25) is 4.99 Å². The van der Waals surface area contributed by atoms with Crippen molar-refractivity contribution in [1.82, 2.24) is 10.2 Å². The lowest BCUT2D eigenvalue weighted by Crippen LogP contribution is -2.39. The molecule has 2 aromatic rings. The van der Waals surface area contributed by atoms with Gasteiger partial charge >= 0.3 is 0 Å². The molecule has 2 aliphatic rings. The highest BCUT2D eigenvalue weighted by molar-refractivity contribution is 14.0. The van der Waals surface area contributed by atoms with Crippen LogP contribution in [0.2, 0.25) is 0 Å². The third-order valence-electron chi connectivity index (χ3n) is 5.81. The van der Waals surface area contributed by atoms with Gasteiger partial charge in [-0.1, -0.05) is 54.6 Å². The molecule has 1 N–H and O–H groups in total. The summed E-state index contributed by atoms with van der Waals surface area (Å²) in [7, 11) is 1.87. The Hall–Kier alpha value is -2.06. The fourth-order valence-electron chi connectivity index (χ4n) is 4.14. The number of ether oxygens (including phenoxy) is 1. The summed E-state index contributed by atoms with van der Waals surface area (Å²) >= 11 is 0. The minimum atomic E-state index is 0. The molecule has 1 fully saturated rings. The number of nitrogens with one attached hydrogen (secondary N) is 1. The molecule has 1 unspecified atom stereocenters. The first-order chi connectivity index (χ1) is 14.8. The van der Waals surface area contributed by atoms with Crippen molar-refractivity contribution in [3.63, 3.8) is 0 Å². The predicted octanol–water partition coefficient (Wildman–Crippen LogP) is 4.29. The normalized spacial score (nSPS) is 18.4. The van der Waals surface area contributed by atoms with E-state index < -0.39 is 0 Å². The number of aliphatic imine (C=N–C) groups is 1. The number of guanidine groups is 1. The Morgan fingerprint density at radius 2 is 1.84 bits per heavy atom. The van der Waals surface area contributed by atoms with Gasteiger partial charge in [0.05, 0.1) is 13.2 Å². The summed E-state index contributed by atoms with van der Waals surface area (Å²) in [5, 5.41) is 3.55. The second kappa shape index (κ2) is 12.1. The van der Waals surface area contributed by atoms with Crippen LogP contribution in [-0.4, -0.2) is 50.7 Å². The second-order valence-electron chi connectivity index (χ2n) is 8.05. The van der Waals surface area contributed by atoms with Gasteiger partial charge < -0.3 is 19.9 Å². The van der Waals surface area contributed by atoms with E-state index in [2.05, 4.69) is 80.8 Å². The van der Waals surface area contributed by atoms with Crippen LogP contribution < -0.4 is 10.2 Å². The van der Waals surface area contributed by atoms with Crippen LogP contribution in [0.5, 0.6) is 0 Å². The lowest BCUT2D eigenvalue weighted by atomic mass is 10.1. The molecule has 166 valence electrons. The van der Waals surface area contributed by atoms with Crippen molar-refractivity contribution >= 4 is 35.6 Å². The van der Waals surface area contributed by atoms with Crippen LogP contribution in [-0.2, 0) is 17.9 Å². The Bertz CT molecular complexity index is 863. The van der Waals surface area contributed by atoms with E-state index in [9.17, 15) is 0 Å². The van der Waals surface area contributed by atoms with Crippen LogP contribution in [0.15, 0.2) is 71.7 Å². The summed E-state index contributed by atoms with van der Waals surface area (Å²) in [6.07, 6.45) is 5.59. The standard InChI is InChI=1S/C25H32N4O.HI/c1-26-25(27-17-22-10-7-11-24(16-22)28-13-5-6-14-28)29-15-12-23(18-29)20-30-19-21-8-3-2-4-9-21;/h2-11,16,23H,12-15,17-20H2,1H3,(H,26,27);1H. The Labute approximate surface area is 203 Å². The Kier molecular flexibility index (Phi) is 9.21. The van der Waals surface area contributed by atoms with E-state index in [1.165, 1.54) is 16.8 Å². The van der Waals surface area contributed by atoms with Crippen LogP contribution >= 0.6 is 24.0 Å². The third-order valence-corrected chi connectivity index (χ3v) is 5.81. The van der Waals surface area contributed by atoms with Crippen molar-refractivity contribution in [2.75, 3.05) is 44.7 Å². The van der Waals surface area contributed by atoms with Gasteiger partial charge in [0, 0.05) is 51.4 Å². The van der Waals surface area contributed by atoms with E-state index in [4.69, 9.17) is 4.74 Å². The minimum absolute atomic E-state index is 0. The fourth-order valence-corrected chi connectivity index (χ4v) is 4.14. The summed E-state index contributed by atoms with van der Waals surface area (Å²) in [5.41, 5.74) is 3.80. The molecule has 2 aliphatic heterocycles. The minimum Gasteiger partial charge on any atom is -0.376 e. The highest BCUT2D eigenvalue weighted by Gasteiger charge is 2.25. The molecule has 0 radical (unpaired) electrons. The van der Waals surface area contributed by atoms with E-state index in [0.29, 0.717) is 12.5 Å². The van der Waals surface area contributed by atoms with Gasteiger partial charge in [-0.05, 0) is 29.7 Å². The molecule has 0 aliphatic carbocycles. The topological polar surface area (TPSA) is 40.1 Å². The number of hydrogen-bond acceptors (Lipinski definition) is 3. The van der Waals surface area contributed by atoms with Gasteiger partial charge in [0.1, 0.15) is 0 Å². The molecule has 2 aromatic carbocycles. The number of rotatable bonds is 7. The number of hydrogen-bond donors (Lipinski definition) is 1. The monoisotopic (exact) mass is 532 g/mol. The second-order valence-corrected chi connectivity index (χ2v) is 8.05. The number of likely N-dealkylation sites (tertiary alicyclic amines) is 1. The Balaban J connectivity index is 0.00000272. The smallest absolute Gasteiger partial charge is 0.193 e. The lowest BCUT2D eigenvalue weighted by molar-refractivity contribution is 0.0906. The lowest BCUT2D eigenvalue weighted by Gasteiger charge is -2.22. The summed E-state index contributed by atoms with van der Waals surface area (Å²) in [4.78, 5) is 9.24. The van der Waals surface area contributed by atoms with Crippen molar-refractivity contribution in [3.8, 4) is 0 Å². The first kappa shape index (κ1) is 23.6. The molecule has 0 saturated carbocycles. The SMILES string of the molecule is CN=C(NCc1cccc(N2CC=CC2)c1)N1CCC(COCc2ccccc2)C1.I. The molecule has 6 heteroatoms. The predicted molar refractivity (Wildman–Crippen MR) is 139 cm³/mol. The van der Waals surface area contributed by atoms with Crippen molar-refractivity contribution in [3.05, 3.63) is 77.9 Å². The molecule has 2 heterocycles. The average Bonchev–Trinajstić information content (AvgIpc) is 3.48. The van der Waals surface area contributed by atoms with Gasteiger partial charge in [-0.15, -0.1) is 24.0 Å². The number of benzene rings is 2. The van der Waals surface area contributed by atoms with Crippen LogP contribution in [0.4, 0.5) is 5.69 Å². The fraction of sp³-hybridized carbons (Fsp3) is 0.400. The molecule has 1 saturated heterocycles.